The summed E-state index contributed by atoms with van der Waals surface area (Å²) >= 11 is 0. The first kappa shape index (κ1) is 13.9. The highest BCUT2D eigenvalue weighted by atomic mass is 32.2. The van der Waals surface area contributed by atoms with Crippen LogP contribution >= 0.6 is 0 Å². The van der Waals surface area contributed by atoms with Gasteiger partial charge in [0, 0.05) is 12.6 Å². The molecule has 96 valence electrons. The van der Waals surface area contributed by atoms with Gasteiger partial charge in [-0.05, 0) is 31.7 Å². The average Bonchev–Trinajstić information content (AvgIpc) is 2.26. The van der Waals surface area contributed by atoms with Crippen molar-refractivity contribution in [1.82, 2.24) is 10.0 Å². The van der Waals surface area contributed by atoms with Crippen molar-refractivity contribution in [2.75, 3.05) is 18.8 Å². The highest BCUT2D eigenvalue weighted by molar-refractivity contribution is 7.89. The number of nitrogens with one attached hydrogen (secondary N) is 2. The Balaban J connectivity index is 2.24. The molecule has 0 aliphatic carbocycles. The molecule has 0 spiro atoms. The molecule has 0 amide bonds. The van der Waals surface area contributed by atoms with Crippen LogP contribution in [-0.4, -0.2) is 33.3 Å². The van der Waals surface area contributed by atoms with Crippen molar-refractivity contribution in [2.45, 2.75) is 45.6 Å². The van der Waals surface area contributed by atoms with Crippen LogP contribution in [-0.2, 0) is 10.0 Å². The first-order chi connectivity index (χ1) is 7.49. The van der Waals surface area contributed by atoms with Gasteiger partial charge < -0.3 is 5.32 Å². The molecule has 1 saturated heterocycles. The summed E-state index contributed by atoms with van der Waals surface area (Å²) in [5.41, 5.74) is 0. The number of sulfonamides is 1. The molecule has 1 rings (SSSR count). The van der Waals surface area contributed by atoms with Crippen LogP contribution in [0.2, 0.25) is 0 Å². The monoisotopic (exact) mass is 248 g/mol. The first-order valence-corrected chi connectivity index (χ1v) is 7.85. The summed E-state index contributed by atoms with van der Waals surface area (Å²) in [5, 5.41) is 3.33. The predicted molar refractivity (Wildman–Crippen MR) is 66.9 cm³/mol. The molecule has 0 aromatic rings. The predicted octanol–water partition coefficient (Wildman–Crippen LogP) is 1.09. The van der Waals surface area contributed by atoms with Crippen molar-refractivity contribution in [3.63, 3.8) is 0 Å². The minimum absolute atomic E-state index is 0.247. The number of piperidine rings is 1. The van der Waals surface area contributed by atoms with Gasteiger partial charge in [-0.2, -0.15) is 0 Å². The number of hydrogen-bond acceptors (Lipinski definition) is 3. The van der Waals surface area contributed by atoms with E-state index in [1.54, 1.807) is 0 Å². The maximum absolute atomic E-state index is 11.6. The Morgan fingerprint density at radius 3 is 2.69 bits per heavy atom. The van der Waals surface area contributed by atoms with Crippen LogP contribution in [0.3, 0.4) is 0 Å². The number of hydrogen-bond donors (Lipinski definition) is 2. The van der Waals surface area contributed by atoms with Gasteiger partial charge in [0.25, 0.3) is 0 Å². The van der Waals surface area contributed by atoms with E-state index in [2.05, 4.69) is 10.0 Å². The van der Waals surface area contributed by atoms with E-state index in [9.17, 15) is 8.42 Å². The highest BCUT2D eigenvalue weighted by Gasteiger charge is 2.16. The van der Waals surface area contributed by atoms with Crippen LogP contribution in [0, 0.1) is 5.92 Å². The quantitative estimate of drug-likeness (QED) is 0.740. The lowest BCUT2D eigenvalue weighted by Gasteiger charge is -2.23. The Bertz CT molecular complexity index is 282. The third-order valence-electron chi connectivity index (χ3n) is 2.93. The average molecular weight is 248 g/mol. The smallest absolute Gasteiger partial charge is 0.211 e. The van der Waals surface area contributed by atoms with Crippen LogP contribution in [0.15, 0.2) is 0 Å². The lowest BCUT2D eigenvalue weighted by atomic mass is 10.1. The fourth-order valence-corrected chi connectivity index (χ4v) is 3.17. The molecule has 5 heteroatoms. The van der Waals surface area contributed by atoms with Crippen molar-refractivity contribution in [3.8, 4) is 0 Å². The minimum atomic E-state index is -3.07. The molecule has 0 aromatic heterocycles. The number of rotatable bonds is 6. The van der Waals surface area contributed by atoms with Crippen molar-refractivity contribution in [3.05, 3.63) is 0 Å². The maximum atomic E-state index is 11.6. The van der Waals surface area contributed by atoms with E-state index >= 15 is 0 Å². The second-order valence-electron chi connectivity index (χ2n) is 5.00. The summed E-state index contributed by atoms with van der Waals surface area (Å²) in [6, 6.07) is 0.322. The van der Waals surface area contributed by atoms with Crippen molar-refractivity contribution in [2.24, 2.45) is 5.92 Å². The molecule has 1 heterocycles. The Labute approximate surface area is 99.2 Å². The molecular weight excluding hydrogens is 224 g/mol. The SMILES string of the molecule is CC(C)CCS(=O)(=O)NCC1CCCCN1. The van der Waals surface area contributed by atoms with Crippen LogP contribution in [0.25, 0.3) is 0 Å². The van der Waals surface area contributed by atoms with Gasteiger partial charge >= 0.3 is 0 Å². The topological polar surface area (TPSA) is 58.2 Å². The van der Waals surface area contributed by atoms with Gasteiger partial charge in [-0.1, -0.05) is 20.3 Å². The lowest BCUT2D eigenvalue weighted by Crippen LogP contribution is -2.44. The molecular formula is C11H24N2O2S. The van der Waals surface area contributed by atoms with E-state index in [0.29, 0.717) is 18.5 Å². The molecule has 4 nitrogen and oxygen atoms in total. The van der Waals surface area contributed by atoms with E-state index in [1.165, 1.54) is 12.8 Å². The Kier molecular flexibility index (Phi) is 5.72. The van der Waals surface area contributed by atoms with Crippen molar-refractivity contribution < 1.29 is 8.42 Å². The second-order valence-corrected chi connectivity index (χ2v) is 6.92. The highest BCUT2D eigenvalue weighted by Crippen LogP contribution is 2.07. The van der Waals surface area contributed by atoms with Crippen LogP contribution in [0.4, 0.5) is 0 Å². The summed E-state index contributed by atoms with van der Waals surface area (Å²) in [7, 11) is -3.07. The summed E-state index contributed by atoms with van der Waals surface area (Å²) in [4.78, 5) is 0. The first-order valence-electron chi connectivity index (χ1n) is 6.20. The fourth-order valence-electron chi connectivity index (χ4n) is 1.79. The Hall–Kier alpha value is -0.130. The summed E-state index contributed by atoms with van der Waals surface area (Å²) < 4.78 is 26.0. The molecule has 0 saturated carbocycles. The molecule has 2 N–H and O–H groups in total. The second kappa shape index (κ2) is 6.57. The molecule has 1 aliphatic rings. The zero-order valence-corrected chi connectivity index (χ0v) is 11.1. The van der Waals surface area contributed by atoms with Gasteiger partial charge in [-0.3, -0.25) is 0 Å². The molecule has 16 heavy (non-hydrogen) atoms. The van der Waals surface area contributed by atoms with E-state index in [-0.39, 0.29) is 5.75 Å². The molecule has 1 unspecified atom stereocenters. The van der Waals surface area contributed by atoms with E-state index in [4.69, 9.17) is 0 Å². The van der Waals surface area contributed by atoms with E-state index in [0.717, 1.165) is 19.4 Å². The summed E-state index contributed by atoms with van der Waals surface area (Å²) in [6.07, 6.45) is 4.21. The Morgan fingerprint density at radius 1 is 1.38 bits per heavy atom. The van der Waals surface area contributed by atoms with Gasteiger partial charge in [0.2, 0.25) is 10.0 Å². The van der Waals surface area contributed by atoms with Crippen LogP contribution in [0.1, 0.15) is 39.5 Å². The Morgan fingerprint density at radius 2 is 2.12 bits per heavy atom. The molecule has 1 atom stereocenters. The van der Waals surface area contributed by atoms with Gasteiger partial charge in [0.1, 0.15) is 0 Å². The van der Waals surface area contributed by atoms with Gasteiger partial charge in [-0.15, -0.1) is 0 Å². The molecule has 0 bridgehead atoms. The fraction of sp³-hybridized carbons (Fsp3) is 1.00. The normalized spacial score (nSPS) is 22.6. The van der Waals surface area contributed by atoms with Gasteiger partial charge in [0.15, 0.2) is 0 Å². The zero-order valence-electron chi connectivity index (χ0n) is 10.3. The van der Waals surface area contributed by atoms with Crippen LogP contribution in [0.5, 0.6) is 0 Å². The zero-order chi connectivity index (χ0) is 12.0. The van der Waals surface area contributed by atoms with Gasteiger partial charge in [-0.25, -0.2) is 13.1 Å². The van der Waals surface area contributed by atoms with Crippen molar-refractivity contribution in [1.29, 1.82) is 0 Å². The summed E-state index contributed by atoms with van der Waals surface area (Å²) in [6.45, 7) is 5.63. The van der Waals surface area contributed by atoms with Crippen molar-refractivity contribution >= 4 is 10.0 Å². The summed E-state index contributed by atoms with van der Waals surface area (Å²) in [5.74, 6) is 0.682. The van der Waals surface area contributed by atoms with E-state index in [1.807, 2.05) is 13.8 Å². The minimum Gasteiger partial charge on any atom is -0.313 e. The standard InChI is InChI=1S/C11H24N2O2S/c1-10(2)6-8-16(14,15)13-9-11-5-3-4-7-12-11/h10-13H,3-9H2,1-2H3. The van der Waals surface area contributed by atoms with Gasteiger partial charge in [0.05, 0.1) is 5.75 Å². The van der Waals surface area contributed by atoms with E-state index < -0.39 is 10.0 Å². The molecule has 1 fully saturated rings. The van der Waals surface area contributed by atoms with Crippen LogP contribution < -0.4 is 10.0 Å². The third kappa shape index (κ3) is 5.82. The lowest BCUT2D eigenvalue weighted by molar-refractivity contribution is 0.398. The molecule has 0 radical (unpaired) electrons. The molecule has 1 aliphatic heterocycles. The third-order valence-corrected chi connectivity index (χ3v) is 4.31. The maximum Gasteiger partial charge on any atom is 0.211 e. The molecule has 0 aromatic carbocycles. The largest absolute Gasteiger partial charge is 0.313 e.